The molecule has 9 nitrogen and oxygen atoms in total. The van der Waals surface area contributed by atoms with Crippen molar-refractivity contribution < 1.29 is 38.1 Å². The van der Waals surface area contributed by atoms with Crippen molar-refractivity contribution >= 4 is 17.8 Å². The van der Waals surface area contributed by atoms with Gasteiger partial charge in [-0.05, 0) is 42.5 Å². The molecule has 0 saturated carbocycles. The molecule has 0 spiro atoms. The van der Waals surface area contributed by atoms with E-state index in [1.54, 1.807) is 6.07 Å². The van der Waals surface area contributed by atoms with E-state index in [-0.39, 0.29) is 32.0 Å². The number of benzene rings is 3. The second-order valence-electron chi connectivity index (χ2n) is 11.2. The van der Waals surface area contributed by atoms with Gasteiger partial charge in [0.25, 0.3) is 0 Å². The molecular formula is C37H39NO8. The lowest BCUT2D eigenvalue weighted by Crippen LogP contribution is -2.42. The van der Waals surface area contributed by atoms with Crippen LogP contribution in [0, 0.1) is 12.8 Å². The van der Waals surface area contributed by atoms with E-state index in [2.05, 4.69) is 0 Å². The van der Waals surface area contributed by atoms with E-state index in [4.69, 9.17) is 23.7 Å². The first-order valence-electron chi connectivity index (χ1n) is 15.5. The number of aliphatic hydroxyl groups excluding tert-OH is 1. The zero-order valence-electron chi connectivity index (χ0n) is 25.9. The van der Waals surface area contributed by atoms with Gasteiger partial charge < -0.3 is 23.7 Å². The summed E-state index contributed by atoms with van der Waals surface area (Å²) in [5, 5.41) is 8.83. The summed E-state index contributed by atoms with van der Waals surface area (Å²) in [4.78, 5) is 42.6. The number of furan rings is 1. The fourth-order valence-electron chi connectivity index (χ4n) is 5.58. The molecule has 0 aliphatic carbocycles. The summed E-state index contributed by atoms with van der Waals surface area (Å²) < 4.78 is 22.5. The topological polar surface area (TPSA) is 116 Å². The molecule has 9 heteroatoms. The Morgan fingerprint density at radius 3 is 2.35 bits per heavy atom. The Morgan fingerprint density at radius 2 is 1.63 bits per heavy atom. The molecule has 4 aromatic rings. The monoisotopic (exact) mass is 625 g/mol. The van der Waals surface area contributed by atoms with Crippen LogP contribution in [0.25, 0.3) is 11.1 Å². The molecule has 46 heavy (non-hydrogen) atoms. The smallest absolute Gasteiger partial charge is 0.417 e. The highest BCUT2D eigenvalue weighted by Gasteiger charge is 2.44. The number of Topliss-reactive ketones (excluding diaryl/α,β-unsaturated/α-hetero) is 1. The summed E-state index contributed by atoms with van der Waals surface area (Å²) in [6.07, 6.45) is 0.447. The molecule has 1 saturated heterocycles. The fourth-order valence-corrected chi connectivity index (χ4v) is 5.58. The lowest BCUT2D eigenvalue weighted by Gasteiger charge is -2.24. The molecule has 2 unspecified atom stereocenters. The van der Waals surface area contributed by atoms with Crippen LogP contribution in [0.5, 0.6) is 0 Å². The third-order valence-electron chi connectivity index (χ3n) is 7.87. The van der Waals surface area contributed by atoms with Crippen molar-refractivity contribution in [2.45, 2.75) is 32.2 Å². The number of ether oxygens (including phenoxy) is 3. The largest absolute Gasteiger partial charge is 0.457 e. The Hall–Kier alpha value is -4.57. The number of hydrogen-bond acceptors (Lipinski definition) is 8. The van der Waals surface area contributed by atoms with Crippen LogP contribution in [0.4, 0.5) is 4.79 Å². The first kappa shape index (κ1) is 32.8. The summed E-state index contributed by atoms with van der Waals surface area (Å²) in [6.45, 7) is 3.49. The maximum absolute atomic E-state index is 14.3. The normalized spacial score (nSPS) is 15.1. The van der Waals surface area contributed by atoms with E-state index in [0.717, 1.165) is 32.7 Å². The highest BCUT2D eigenvalue weighted by atomic mass is 16.6. The van der Waals surface area contributed by atoms with Crippen LogP contribution in [0.1, 0.15) is 45.5 Å². The fraction of sp³-hybridized carbons (Fsp3) is 0.324. The highest BCUT2D eigenvalue weighted by molar-refractivity contribution is 6.12. The van der Waals surface area contributed by atoms with E-state index in [0.29, 0.717) is 38.4 Å². The molecule has 2 heterocycles. The van der Waals surface area contributed by atoms with Crippen molar-refractivity contribution in [1.82, 2.24) is 4.90 Å². The molecule has 2 amide bonds. The molecule has 5 rings (SSSR count). The molecule has 1 N–H and O–H groups in total. The number of aryl methyl sites for hydroxylation is 2. The van der Waals surface area contributed by atoms with Crippen LogP contribution in [-0.2, 0) is 31.8 Å². The van der Waals surface area contributed by atoms with E-state index in [9.17, 15) is 14.4 Å². The number of cyclic esters (lactones) is 1. The minimum atomic E-state index is -1.22. The van der Waals surface area contributed by atoms with Gasteiger partial charge in [0.15, 0.2) is 5.76 Å². The molecule has 1 aromatic heterocycles. The number of carbonyl (C=O) groups excluding carboxylic acids is 3. The van der Waals surface area contributed by atoms with E-state index >= 15 is 0 Å². The van der Waals surface area contributed by atoms with Crippen LogP contribution in [0.3, 0.4) is 0 Å². The molecule has 1 aliphatic heterocycles. The third-order valence-corrected chi connectivity index (χ3v) is 7.87. The van der Waals surface area contributed by atoms with Crippen LogP contribution >= 0.6 is 0 Å². The number of imide groups is 1. The molecular weight excluding hydrogens is 586 g/mol. The van der Waals surface area contributed by atoms with Crippen molar-refractivity contribution in [3.8, 4) is 11.1 Å². The Labute approximate surface area is 268 Å². The Kier molecular flexibility index (Phi) is 11.5. The second-order valence-corrected chi connectivity index (χ2v) is 11.2. The first-order valence-corrected chi connectivity index (χ1v) is 15.5. The van der Waals surface area contributed by atoms with Crippen LogP contribution in [-0.4, -0.2) is 67.4 Å². The molecule has 2 atom stereocenters. The Balaban J connectivity index is 1.43. The van der Waals surface area contributed by atoms with Crippen molar-refractivity contribution in [1.29, 1.82) is 0 Å². The van der Waals surface area contributed by atoms with Gasteiger partial charge in [0, 0.05) is 18.6 Å². The number of amides is 2. The quantitative estimate of drug-likeness (QED) is 0.0920. The summed E-state index contributed by atoms with van der Waals surface area (Å²) in [5.41, 5.74) is 4.25. The minimum absolute atomic E-state index is 0.0128. The van der Waals surface area contributed by atoms with Gasteiger partial charge in [-0.1, -0.05) is 90.5 Å². The lowest BCUT2D eigenvalue weighted by molar-refractivity contribution is -0.132. The molecule has 0 radical (unpaired) electrons. The van der Waals surface area contributed by atoms with E-state index in [1.807, 2.05) is 91.9 Å². The van der Waals surface area contributed by atoms with Gasteiger partial charge in [-0.3, -0.25) is 9.59 Å². The van der Waals surface area contributed by atoms with Gasteiger partial charge in [-0.2, -0.15) is 0 Å². The van der Waals surface area contributed by atoms with Crippen molar-refractivity contribution in [2.24, 2.45) is 5.92 Å². The predicted octanol–water partition coefficient (Wildman–Crippen LogP) is 5.97. The number of ketones is 1. The summed E-state index contributed by atoms with van der Waals surface area (Å²) in [7, 11) is 0. The van der Waals surface area contributed by atoms with Crippen molar-refractivity contribution in [2.75, 3.05) is 39.6 Å². The molecule has 1 fully saturated rings. The maximum Gasteiger partial charge on any atom is 0.417 e. The van der Waals surface area contributed by atoms with E-state index in [1.165, 1.54) is 0 Å². The maximum atomic E-state index is 14.3. The number of aliphatic hydroxyl groups is 1. The highest BCUT2D eigenvalue weighted by Crippen LogP contribution is 2.34. The lowest BCUT2D eigenvalue weighted by atomic mass is 9.91. The standard InChI is InChI=1S/C37H39NO8/c1-26-10-8-15-29(22-26)30-24-34(46-33(30)16-9-18-43-20-21-44-19-17-39)35(40)31(23-27-11-4-2-5-12-27)36(41)38-32(25-45-37(38)42)28-13-6-3-7-14-28/h2-8,10-15,22,24,31-32,39H,9,16-21,23,25H2,1H3. The van der Waals surface area contributed by atoms with E-state index < -0.39 is 29.7 Å². The van der Waals surface area contributed by atoms with Crippen LogP contribution in [0.2, 0.25) is 0 Å². The molecule has 1 aliphatic rings. The number of carbonyl (C=O) groups is 3. The third kappa shape index (κ3) is 8.17. The van der Waals surface area contributed by atoms with Gasteiger partial charge in [0.2, 0.25) is 11.7 Å². The second kappa shape index (κ2) is 16.1. The average Bonchev–Trinajstić information content (AvgIpc) is 3.69. The Morgan fingerprint density at radius 1 is 0.913 bits per heavy atom. The zero-order valence-corrected chi connectivity index (χ0v) is 25.9. The zero-order chi connectivity index (χ0) is 32.3. The van der Waals surface area contributed by atoms with Gasteiger partial charge in [-0.25, -0.2) is 9.69 Å². The van der Waals surface area contributed by atoms with Gasteiger partial charge >= 0.3 is 6.09 Å². The number of hydrogen-bond donors (Lipinski definition) is 1. The molecule has 240 valence electrons. The SMILES string of the molecule is Cc1cccc(-c2cc(C(=O)C(Cc3ccccc3)C(=O)N3C(=O)OCC3c3ccccc3)oc2CCCOCCOCCO)c1. The van der Waals surface area contributed by atoms with Gasteiger partial charge in [0.1, 0.15) is 24.3 Å². The summed E-state index contributed by atoms with van der Waals surface area (Å²) >= 11 is 0. The van der Waals surface area contributed by atoms with Gasteiger partial charge in [0.05, 0.1) is 26.4 Å². The first-order chi connectivity index (χ1) is 22.5. The molecule has 3 aromatic carbocycles. The van der Waals surface area contributed by atoms with Crippen LogP contribution < -0.4 is 0 Å². The van der Waals surface area contributed by atoms with Gasteiger partial charge in [-0.15, -0.1) is 0 Å². The number of nitrogens with zero attached hydrogens (tertiary/aromatic N) is 1. The molecule has 0 bridgehead atoms. The predicted molar refractivity (Wildman–Crippen MR) is 171 cm³/mol. The van der Waals surface area contributed by atoms with Crippen molar-refractivity contribution in [3.05, 3.63) is 119 Å². The van der Waals surface area contributed by atoms with Crippen molar-refractivity contribution in [3.63, 3.8) is 0 Å². The average molecular weight is 626 g/mol. The number of rotatable bonds is 16. The Bertz CT molecular complexity index is 1600. The minimum Gasteiger partial charge on any atom is -0.457 e. The summed E-state index contributed by atoms with van der Waals surface area (Å²) in [6, 6.07) is 27.4. The van der Waals surface area contributed by atoms with Crippen LogP contribution in [0.15, 0.2) is 95.4 Å². The summed E-state index contributed by atoms with van der Waals surface area (Å²) in [5.74, 6) is -1.67.